The Hall–Kier alpha value is -0.860. The summed E-state index contributed by atoms with van der Waals surface area (Å²) < 4.78 is 0. The van der Waals surface area contributed by atoms with Crippen LogP contribution in [0.3, 0.4) is 0 Å². The molecule has 0 aromatic carbocycles. The predicted octanol–water partition coefficient (Wildman–Crippen LogP) is 1.91. The quantitative estimate of drug-likeness (QED) is 0.668. The standard InChI is InChI=1S/C8H15NO2.C2H6/c1-3-4-5-7(10)6-8(11)9-2;1-2/h3-6H2,1-2H3,(H,9,11);1-2H3. The maximum atomic E-state index is 10.9. The Labute approximate surface area is 80.9 Å². The molecule has 0 saturated carbocycles. The zero-order valence-corrected chi connectivity index (χ0v) is 9.14. The lowest BCUT2D eigenvalue weighted by Crippen LogP contribution is -2.21. The molecule has 1 N–H and O–H groups in total. The first-order chi connectivity index (χ1) is 6.20. The summed E-state index contributed by atoms with van der Waals surface area (Å²) in [4.78, 5) is 21.6. The van der Waals surface area contributed by atoms with Crippen LogP contribution < -0.4 is 5.32 Å². The van der Waals surface area contributed by atoms with E-state index in [0.29, 0.717) is 6.42 Å². The van der Waals surface area contributed by atoms with Gasteiger partial charge in [-0.2, -0.15) is 0 Å². The first kappa shape index (κ1) is 14.7. The molecule has 0 radical (unpaired) electrons. The van der Waals surface area contributed by atoms with Crippen LogP contribution in [0.4, 0.5) is 0 Å². The molecule has 0 aliphatic rings. The molecule has 3 heteroatoms. The summed E-state index contributed by atoms with van der Waals surface area (Å²) in [5.74, 6) is -0.155. The number of carbonyl (C=O) groups is 2. The highest BCUT2D eigenvalue weighted by atomic mass is 16.2. The third-order valence-electron chi connectivity index (χ3n) is 1.45. The van der Waals surface area contributed by atoms with Crippen molar-refractivity contribution < 1.29 is 9.59 Å². The molecule has 0 unspecified atom stereocenters. The Balaban J connectivity index is 0. The minimum Gasteiger partial charge on any atom is -0.359 e. The van der Waals surface area contributed by atoms with Crippen molar-refractivity contribution in [3.8, 4) is 0 Å². The van der Waals surface area contributed by atoms with Crippen LogP contribution in [-0.2, 0) is 9.59 Å². The number of amides is 1. The van der Waals surface area contributed by atoms with Crippen LogP contribution in [0.2, 0.25) is 0 Å². The average molecular weight is 187 g/mol. The summed E-state index contributed by atoms with van der Waals surface area (Å²) in [5, 5.41) is 2.41. The van der Waals surface area contributed by atoms with Crippen LogP contribution in [0, 0.1) is 0 Å². The van der Waals surface area contributed by atoms with Crippen LogP contribution in [0.1, 0.15) is 46.5 Å². The second-order valence-corrected chi connectivity index (χ2v) is 2.49. The number of carbonyl (C=O) groups excluding carboxylic acids is 2. The average Bonchev–Trinajstić information content (AvgIpc) is 2.17. The van der Waals surface area contributed by atoms with E-state index in [4.69, 9.17) is 0 Å². The van der Waals surface area contributed by atoms with Crippen molar-refractivity contribution in [2.75, 3.05) is 7.05 Å². The molecule has 0 fully saturated rings. The van der Waals surface area contributed by atoms with Gasteiger partial charge in [0.2, 0.25) is 5.91 Å². The molecular formula is C10H21NO2. The molecular weight excluding hydrogens is 166 g/mol. The SMILES string of the molecule is CC.CCCCC(=O)CC(=O)NC. The monoisotopic (exact) mass is 187 g/mol. The van der Waals surface area contributed by atoms with Gasteiger partial charge in [0.15, 0.2) is 0 Å². The first-order valence-electron chi connectivity index (χ1n) is 4.93. The van der Waals surface area contributed by atoms with E-state index in [1.54, 1.807) is 0 Å². The Morgan fingerprint density at radius 2 is 1.77 bits per heavy atom. The fourth-order valence-corrected chi connectivity index (χ4v) is 0.730. The summed E-state index contributed by atoms with van der Waals surface area (Å²) >= 11 is 0. The topological polar surface area (TPSA) is 46.2 Å². The molecule has 0 aliphatic carbocycles. The number of hydrogen-bond donors (Lipinski definition) is 1. The van der Waals surface area contributed by atoms with Gasteiger partial charge in [-0.1, -0.05) is 27.2 Å². The fraction of sp³-hybridized carbons (Fsp3) is 0.800. The van der Waals surface area contributed by atoms with E-state index < -0.39 is 0 Å². The van der Waals surface area contributed by atoms with E-state index in [1.165, 1.54) is 7.05 Å². The molecule has 0 spiro atoms. The zero-order valence-electron chi connectivity index (χ0n) is 9.14. The van der Waals surface area contributed by atoms with E-state index in [2.05, 4.69) is 5.32 Å². The second kappa shape index (κ2) is 11.1. The number of hydrogen-bond acceptors (Lipinski definition) is 2. The van der Waals surface area contributed by atoms with Gasteiger partial charge in [0.25, 0.3) is 0 Å². The van der Waals surface area contributed by atoms with Crippen LogP contribution in [0.15, 0.2) is 0 Å². The molecule has 0 aliphatic heterocycles. The van der Waals surface area contributed by atoms with E-state index in [9.17, 15) is 9.59 Å². The second-order valence-electron chi connectivity index (χ2n) is 2.49. The van der Waals surface area contributed by atoms with Gasteiger partial charge in [-0.15, -0.1) is 0 Å². The van der Waals surface area contributed by atoms with Crippen molar-refractivity contribution in [3.05, 3.63) is 0 Å². The number of Topliss-reactive ketones (excluding diaryl/α,β-unsaturated/α-hetero) is 1. The Morgan fingerprint density at radius 1 is 1.23 bits per heavy atom. The number of ketones is 1. The molecule has 0 aromatic rings. The van der Waals surface area contributed by atoms with Gasteiger partial charge in [0.1, 0.15) is 5.78 Å². The van der Waals surface area contributed by atoms with Gasteiger partial charge >= 0.3 is 0 Å². The van der Waals surface area contributed by atoms with Crippen molar-refractivity contribution >= 4 is 11.7 Å². The van der Waals surface area contributed by atoms with Crippen molar-refractivity contribution in [1.29, 1.82) is 0 Å². The third kappa shape index (κ3) is 11.1. The molecule has 0 heterocycles. The highest BCUT2D eigenvalue weighted by molar-refractivity contribution is 5.97. The fourth-order valence-electron chi connectivity index (χ4n) is 0.730. The highest BCUT2D eigenvalue weighted by Crippen LogP contribution is 1.97. The highest BCUT2D eigenvalue weighted by Gasteiger charge is 2.05. The molecule has 0 atom stereocenters. The van der Waals surface area contributed by atoms with E-state index >= 15 is 0 Å². The molecule has 1 amide bonds. The third-order valence-corrected chi connectivity index (χ3v) is 1.45. The van der Waals surface area contributed by atoms with Crippen molar-refractivity contribution in [1.82, 2.24) is 5.32 Å². The molecule has 0 saturated heterocycles. The van der Waals surface area contributed by atoms with Crippen LogP contribution >= 0.6 is 0 Å². The zero-order chi connectivity index (χ0) is 10.7. The van der Waals surface area contributed by atoms with Gasteiger partial charge in [-0.05, 0) is 6.42 Å². The summed E-state index contributed by atoms with van der Waals surface area (Å²) in [5.41, 5.74) is 0. The minimum absolute atomic E-state index is 0.0335. The normalized spacial score (nSPS) is 8.31. The van der Waals surface area contributed by atoms with Crippen molar-refractivity contribution in [2.45, 2.75) is 46.5 Å². The maximum Gasteiger partial charge on any atom is 0.227 e. The predicted molar refractivity (Wildman–Crippen MR) is 54.6 cm³/mol. The Bertz CT molecular complexity index is 144. The summed E-state index contributed by atoms with van der Waals surface area (Å²) in [6.07, 6.45) is 2.45. The molecule has 13 heavy (non-hydrogen) atoms. The van der Waals surface area contributed by atoms with Gasteiger partial charge in [0.05, 0.1) is 6.42 Å². The van der Waals surface area contributed by atoms with Crippen LogP contribution in [0.5, 0.6) is 0 Å². The lowest BCUT2D eigenvalue weighted by molar-refractivity contribution is -0.127. The maximum absolute atomic E-state index is 10.9. The van der Waals surface area contributed by atoms with Gasteiger partial charge in [-0.25, -0.2) is 0 Å². The van der Waals surface area contributed by atoms with Crippen LogP contribution in [0.25, 0.3) is 0 Å². The minimum atomic E-state index is -0.189. The lowest BCUT2D eigenvalue weighted by Gasteiger charge is -1.97. The van der Waals surface area contributed by atoms with E-state index in [-0.39, 0.29) is 18.1 Å². The first-order valence-corrected chi connectivity index (χ1v) is 4.93. The number of nitrogens with one attached hydrogen (secondary N) is 1. The van der Waals surface area contributed by atoms with Crippen LogP contribution in [-0.4, -0.2) is 18.7 Å². The van der Waals surface area contributed by atoms with Gasteiger partial charge < -0.3 is 5.32 Å². The van der Waals surface area contributed by atoms with Gasteiger partial charge in [0, 0.05) is 13.5 Å². The molecule has 78 valence electrons. The number of rotatable bonds is 5. The Morgan fingerprint density at radius 3 is 2.15 bits per heavy atom. The van der Waals surface area contributed by atoms with E-state index in [0.717, 1.165) is 12.8 Å². The molecule has 0 rings (SSSR count). The number of unbranched alkanes of at least 4 members (excludes halogenated alkanes) is 1. The van der Waals surface area contributed by atoms with Gasteiger partial charge in [-0.3, -0.25) is 9.59 Å². The lowest BCUT2D eigenvalue weighted by atomic mass is 10.1. The summed E-state index contributed by atoms with van der Waals surface area (Å²) in [7, 11) is 1.54. The molecule has 0 aromatic heterocycles. The van der Waals surface area contributed by atoms with Crippen molar-refractivity contribution in [3.63, 3.8) is 0 Å². The summed E-state index contributed by atoms with van der Waals surface area (Å²) in [6, 6.07) is 0. The summed E-state index contributed by atoms with van der Waals surface area (Å²) in [6.45, 7) is 6.02. The van der Waals surface area contributed by atoms with Crippen molar-refractivity contribution in [2.24, 2.45) is 0 Å². The van der Waals surface area contributed by atoms with E-state index in [1.807, 2.05) is 20.8 Å². The smallest absolute Gasteiger partial charge is 0.227 e. The Kier molecular flexibility index (Phi) is 12.6. The molecule has 0 bridgehead atoms. The molecule has 3 nitrogen and oxygen atoms in total. The largest absolute Gasteiger partial charge is 0.359 e.